The highest BCUT2D eigenvalue weighted by Gasteiger charge is 2.30. The van der Waals surface area contributed by atoms with E-state index in [1.165, 1.54) is 30.2 Å². The molecule has 144 valence electrons. The third kappa shape index (κ3) is 5.54. The second kappa shape index (κ2) is 9.51. The van der Waals surface area contributed by atoms with E-state index in [1.807, 2.05) is 26.0 Å². The van der Waals surface area contributed by atoms with Crippen molar-refractivity contribution in [1.29, 1.82) is 5.26 Å². The fourth-order valence-electron chi connectivity index (χ4n) is 2.37. The van der Waals surface area contributed by atoms with Crippen LogP contribution in [-0.2, 0) is 11.2 Å². The highest BCUT2D eigenvalue weighted by Crippen LogP contribution is 2.20. The quantitative estimate of drug-likeness (QED) is 0.665. The molecule has 0 fully saturated rings. The van der Waals surface area contributed by atoms with Crippen LogP contribution in [-0.4, -0.2) is 37.4 Å². The minimum absolute atomic E-state index is 0.00740. The molecule has 2 aromatic rings. The van der Waals surface area contributed by atoms with Gasteiger partial charge < -0.3 is 5.32 Å². The summed E-state index contributed by atoms with van der Waals surface area (Å²) in [5.41, 5.74) is 1.25. The molecule has 1 N–H and O–H groups in total. The molecular weight excluding hydrogens is 360 g/mol. The molecule has 1 aromatic heterocycles. The van der Waals surface area contributed by atoms with Gasteiger partial charge in [0.15, 0.2) is 0 Å². The summed E-state index contributed by atoms with van der Waals surface area (Å²) in [5.74, 6) is -0.0749. The largest absolute Gasteiger partial charge is 0.337 e. The number of carbonyl (C=O) groups excluding carboxylic acids is 1. The number of rotatable bonds is 9. The summed E-state index contributed by atoms with van der Waals surface area (Å²) >= 11 is 1.24. The maximum Gasteiger partial charge on any atom is 0.231 e. The molecular formula is C19H26N6OS. The molecule has 0 saturated carbocycles. The average Bonchev–Trinajstić information content (AvgIpc) is 3.13. The molecule has 0 spiro atoms. The van der Waals surface area contributed by atoms with Gasteiger partial charge in [-0.05, 0) is 53.8 Å². The molecule has 7 nitrogen and oxygen atoms in total. The second-order valence-electron chi connectivity index (χ2n) is 6.95. The molecule has 27 heavy (non-hydrogen) atoms. The van der Waals surface area contributed by atoms with Crippen molar-refractivity contribution in [2.24, 2.45) is 5.92 Å². The fourth-order valence-corrected chi connectivity index (χ4v) is 3.06. The Balaban J connectivity index is 2.01. The molecule has 2 rings (SSSR count). The maximum absolute atomic E-state index is 12.2. The summed E-state index contributed by atoms with van der Waals surface area (Å²) in [7, 11) is 0. The van der Waals surface area contributed by atoms with Crippen LogP contribution < -0.4 is 5.32 Å². The molecule has 1 atom stereocenters. The van der Waals surface area contributed by atoms with Gasteiger partial charge in [0.2, 0.25) is 11.1 Å². The second-order valence-corrected chi connectivity index (χ2v) is 7.89. The summed E-state index contributed by atoms with van der Waals surface area (Å²) in [4.78, 5) is 12.2. The van der Waals surface area contributed by atoms with Crippen molar-refractivity contribution in [1.82, 2.24) is 25.5 Å². The van der Waals surface area contributed by atoms with E-state index in [2.05, 4.69) is 46.0 Å². The number of nitriles is 1. The van der Waals surface area contributed by atoms with Crippen LogP contribution in [0.4, 0.5) is 0 Å². The number of hydrogen-bond acceptors (Lipinski definition) is 6. The smallest absolute Gasteiger partial charge is 0.231 e. The lowest BCUT2D eigenvalue weighted by Crippen LogP contribution is -2.49. The van der Waals surface area contributed by atoms with Gasteiger partial charge in [0.1, 0.15) is 5.54 Å². The van der Waals surface area contributed by atoms with Crippen molar-refractivity contribution in [2.75, 3.05) is 5.75 Å². The summed E-state index contributed by atoms with van der Waals surface area (Å²) < 4.78 is 1.62. The van der Waals surface area contributed by atoms with Gasteiger partial charge in [-0.25, -0.2) is 0 Å². The molecule has 0 aliphatic rings. The standard InChI is InChI=1S/C19H26N6OS/c1-5-6-7-15-8-10-16(11-9-15)25-18(22-23-24-25)27-12-17(26)21-19(4,13-20)14(2)3/h8-11,14H,5-7,12H2,1-4H3,(H,21,26)/t19-/m1/s1. The Kier molecular flexibility index (Phi) is 7.36. The van der Waals surface area contributed by atoms with Gasteiger partial charge in [0.05, 0.1) is 17.5 Å². The minimum Gasteiger partial charge on any atom is -0.337 e. The molecule has 1 heterocycles. The first-order chi connectivity index (χ1) is 12.9. The molecule has 0 saturated heterocycles. The number of carbonyl (C=O) groups is 1. The Morgan fingerprint density at radius 2 is 2.07 bits per heavy atom. The van der Waals surface area contributed by atoms with E-state index in [0.717, 1.165) is 12.1 Å². The number of tetrazole rings is 1. The lowest BCUT2D eigenvalue weighted by atomic mass is 9.90. The first-order valence-electron chi connectivity index (χ1n) is 9.12. The highest BCUT2D eigenvalue weighted by molar-refractivity contribution is 7.99. The van der Waals surface area contributed by atoms with Gasteiger partial charge in [-0.15, -0.1) is 5.10 Å². The van der Waals surface area contributed by atoms with Crippen molar-refractivity contribution in [3.63, 3.8) is 0 Å². The van der Waals surface area contributed by atoms with Crippen LogP contribution in [0.1, 0.15) is 46.1 Å². The third-order valence-corrected chi connectivity index (χ3v) is 5.48. The zero-order valence-corrected chi connectivity index (χ0v) is 17.1. The number of hydrogen-bond donors (Lipinski definition) is 1. The number of thioether (sulfide) groups is 1. The minimum atomic E-state index is -0.891. The summed E-state index contributed by atoms with van der Waals surface area (Å²) in [6.45, 7) is 7.71. The predicted octanol–water partition coefficient (Wildman–Crippen LogP) is 3.15. The Morgan fingerprint density at radius 3 is 2.67 bits per heavy atom. The number of amides is 1. The Morgan fingerprint density at radius 1 is 1.37 bits per heavy atom. The van der Waals surface area contributed by atoms with Crippen LogP contribution in [0.25, 0.3) is 5.69 Å². The molecule has 0 unspecified atom stereocenters. The van der Waals surface area contributed by atoms with E-state index in [-0.39, 0.29) is 17.6 Å². The fraction of sp³-hybridized carbons (Fsp3) is 0.526. The zero-order chi connectivity index (χ0) is 19.9. The van der Waals surface area contributed by atoms with E-state index in [4.69, 9.17) is 0 Å². The average molecular weight is 387 g/mol. The van der Waals surface area contributed by atoms with Gasteiger partial charge >= 0.3 is 0 Å². The summed E-state index contributed by atoms with van der Waals surface area (Å²) in [5, 5.41) is 24.4. The van der Waals surface area contributed by atoms with E-state index in [0.29, 0.717) is 5.16 Å². The summed E-state index contributed by atoms with van der Waals surface area (Å²) in [6, 6.07) is 10.3. The Labute approximate surface area is 164 Å². The van der Waals surface area contributed by atoms with Crippen molar-refractivity contribution in [2.45, 2.75) is 57.7 Å². The first kappa shape index (κ1) is 20.9. The number of aryl methyl sites for hydroxylation is 1. The van der Waals surface area contributed by atoms with Gasteiger partial charge in [0, 0.05) is 0 Å². The maximum atomic E-state index is 12.2. The van der Waals surface area contributed by atoms with Crippen LogP contribution in [0.2, 0.25) is 0 Å². The van der Waals surface area contributed by atoms with Crippen molar-refractivity contribution in [3.05, 3.63) is 29.8 Å². The Bertz CT molecular complexity index is 795. The number of aromatic nitrogens is 4. The van der Waals surface area contributed by atoms with Crippen LogP contribution in [0.15, 0.2) is 29.4 Å². The van der Waals surface area contributed by atoms with Gasteiger partial charge in [-0.1, -0.05) is 51.1 Å². The predicted molar refractivity (Wildman–Crippen MR) is 105 cm³/mol. The molecule has 0 aliphatic carbocycles. The normalized spacial score (nSPS) is 13.2. The van der Waals surface area contributed by atoms with Crippen LogP contribution >= 0.6 is 11.8 Å². The molecule has 1 aromatic carbocycles. The number of nitrogens with one attached hydrogen (secondary N) is 1. The van der Waals surface area contributed by atoms with Crippen molar-refractivity contribution in [3.8, 4) is 11.8 Å². The Hall–Kier alpha value is -2.40. The van der Waals surface area contributed by atoms with Crippen LogP contribution in [0.3, 0.4) is 0 Å². The van der Waals surface area contributed by atoms with Gasteiger partial charge in [-0.3, -0.25) is 4.79 Å². The zero-order valence-electron chi connectivity index (χ0n) is 16.3. The third-order valence-electron chi connectivity index (χ3n) is 4.56. The summed E-state index contributed by atoms with van der Waals surface area (Å²) in [6.07, 6.45) is 3.39. The molecule has 8 heteroatoms. The molecule has 0 aliphatic heterocycles. The molecule has 1 amide bonds. The molecule has 0 radical (unpaired) electrons. The highest BCUT2D eigenvalue weighted by atomic mass is 32.2. The van der Waals surface area contributed by atoms with Gasteiger partial charge in [-0.2, -0.15) is 9.94 Å². The monoisotopic (exact) mass is 386 g/mol. The van der Waals surface area contributed by atoms with E-state index < -0.39 is 5.54 Å². The number of unbranched alkanes of at least 4 members (excludes halogenated alkanes) is 1. The van der Waals surface area contributed by atoms with E-state index in [1.54, 1.807) is 11.6 Å². The van der Waals surface area contributed by atoms with Crippen molar-refractivity contribution < 1.29 is 4.79 Å². The number of nitrogens with zero attached hydrogens (tertiary/aromatic N) is 5. The lowest BCUT2D eigenvalue weighted by molar-refractivity contribution is -0.120. The van der Waals surface area contributed by atoms with Crippen LogP contribution in [0, 0.1) is 17.2 Å². The van der Waals surface area contributed by atoms with Gasteiger partial charge in [0.25, 0.3) is 0 Å². The molecule has 0 bridgehead atoms. The number of benzene rings is 1. The first-order valence-corrected chi connectivity index (χ1v) is 10.1. The van der Waals surface area contributed by atoms with E-state index >= 15 is 0 Å². The SMILES string of the molecule is CCCCc1ccc(-n2nnnc2SCC(=O)N[C@](C)(C#N)C(C)C)cc1. The lowest BCUT2D eigenvalue weighted by Gasteiger charge is -2.27. The van der Waals surface area contributed by atoms with Crippen molar-refractivity contribution >= 4 is 17.7 Å². The topological polar surface area (TPSA) is 96.5 Å². The van der Waals surface area contributed by atoms with E-state index in [9.17, 15) is 10.1 Å². The van der Waals surface area contributed by atoms with Crippen LogP contribution in [0.5, 0.6) is 0 Å².